The van der Waals surface area contributed by atoms with Crippen molar-refractivity contribution < 1.29 is 12.9 Å². The molecule has 1 atom stereocenters. The molecule has 1 aliphatic heterocycles. The molecule has 15 heavy (non-hydrogen) atoms. The molecule has 6 heteroatoms. The highest BCUT2D eigenvalue weighted by Crippen LogP contribution is 2.17. The number of nitrogens with one attached hydrogen (secondary N) is 1. The lowest BCUT2D eigenvalue weighted by molar-refractivity contribution is 0.418. The van der Waals surface area contributed by atoms with Gasteiger partial charge in [0.25, 0.3) is 0 Å². The first kappa shape index (κ1) is 10.6. The van der Waals surface area contributed by atoms with E-state index in [1.807, 2.05) is 0 Å². The maximum absolute atomic E-state index is 11.2. The third kappa shape index (κ3) is 3.04. The van der Waals surface area contributed by atoms with Crippen LogP contribution in [-0.2, 0) is 16.4 Å². The molecule has 1 aromatic heterocycles. The van der Waals surface area contributed by atoms with Crippen LogP contribution in [0.3, 0.4) is 0 Å². The van der Waals surface area contributed by atoms with Gasteiger partial charge in [0, 0.05) is 12.1 Å². The summed E-state index contributed by atoms with van der Waals surface area (Å²) in [6.45, 7) is 1.42. The summed E-state index contributed by atoms with van der Waals surface area (Å²) >= 11 is 0. The van der Waals surface area contributed by atoms with E-state index in [1.54, 1.807) is 12.5 Å². The molecule has 2 heterocycles. The van der Waals surface area contributed by atoms with Crippen LogP contribution in [0, 0.1) is 5.92 Å². The molecule has 1 unspecified atom stereocenters. The molecular weight excluding hydrogens is 216 g/mol. The zero-order valence-corrected chi connectivity index (χ0v) is 9.16. The van der Waals surface area contributed by atoms with E-state index in [9.17, 15) is 8.42 Å². The highest BCUT2D eigenvalue weighted by molar-refractivity contribution is 7.91. The molecule has 84 valence electrons. The summed E-state index contributed by atoms with van der Waals surface area (Å²) in [6, 6.07) is 0. The summed E-state index contributed by atoms with van der Waals surface area (Å²) in [7, 11) is -2.75. The Labute approximate surface area is 88.8 Å². The van der Waals surface area contributed by atoms with Crippen LogP contribution in [0.4, 0.5) is 0 Å². The molecular formula is C9H14N2O3S. The van der Waals surface area contributed by atoms with E-state index in [-0.39, 0.29) is 5.92 Å². The van der Waals surface area contributed by atoms with Crippen molar-refractivity contribution in [2.24, 2.45) is 5.92 Å². The number of aromatic nitrogens is 1. The maximum atomic E-state index is 11.2. The zero-order valence-electron chi connectivity index (χ0n) is 8.35. The second-order valence-corrected chi connectivity index (χ2v) is 6.16. The minimum atomic E-state index is -2.75. The fraction of sp³-hybridized carbons (Fsp3) is 0.667. The van der Waals surface area contributed by atoms with E-state index in [4.69, 9.17) is 0 Å². The van der Waals surface area contributed by atoms with Crippen LogP contribution >= 0.6 is 0 Å². The van der Waals surface area contributed by atoms with Crippen molar-refractivity contribution in [3.8, 4) is 0 Å². The number of rotatable bonds is 4. The maximum Gasteiger partial charge on any atom is 0.150 e. The number of sulfone groups is 1. The molecule has 1 aliphatic rings. The van der Waals surface area contributed by atoms with Crippen LogP contribution in [-0.4, -0.2) is 31.6 Å². The largest absolute Gasteiger partial charge is 0.364 e. The van der Waals surface area contributed by atoms with Gasteiger partial charge in [-0.2, -0.15) is 0 Å². The monoisotopic (exact) mass is 230 g/mol. The highest BCUT2D eigenvalue weighted by atomic mass is 32.2. The van der Waals surface area contributed by atoms with Crippen molar-refractivity contribution >= 4 is 9.84 Å². The predicted octanol–water partition coefficient (Wildman–Crippen LogP) is 0.199. The highest BCUT2D eigenvalue weighted by Gasteiger charge is 2.27. The summed E-state index contributed by atoms with van der Waals surface area (Å²) in [5.74, 6) is 0.922. The smallest absolute Gasteiger partial charge is 0.150 e. The standard InChI is InChI=1S/C9H14N2O3S/c12-15(13)2-1-8(7-15)3-10-4-9-5-11-14-6-9/h5-6,8,10H,1-4,7H2. The van der Waals surface area contributed by atoms with Crippen molar-refractivity contribution in [2.45, 2.75) is 13.0 Å². The van der Waals surface area contributed by atoms with Gasteiger partial charge in [-0.25, -0.2) is 8.42 Å². The molecule has 0 bridgehead atoms. The van der Waals surface area contributed by atoms with E-state index < -0.39 is 9.84 Å². The molecule has 0 radical (unpaired) electrons. The van der Waals surface area contributed by atoms with E-state index in [0.29, 0.717) is 18.1 Å². The second-order valence-electron chi connectivity index (χ2n) is 3.93. The first-order chi connectivity index (χ1) is 7.16. The molecule has 0 spiro atoms. The molecule has 0 aromatic carbocycles. The summed E-state index contributed by atoms with van der Waals surface area (Å²) in [5.41, 5.74) is 0.982. The Morgan fingerprint density at radius 3 is 3.07 bits per heavy atom. The molecule has 1 fully saturated rings. The van der Waals surface area contributed by atoms with E-state index in [0.717, 1.165) is 18.5 Å². The Bertz CT molecular complexity index is 399. The van der Waals surface area contributed by atoms with Crippen molar-refractivity contribution in [1.82, 2.24) is 10.5 Å². The van der Waals surface area contributed by atoms with Crippen LogP contribution in [0.1, 0.15) is 12.0 Å². The lowest BCUT2D eigenvalue weighted by Gasteiger charge is -2.07. The zero-order chi connectivity index (χ0) is 10.7. The second kappa shape index (κ2) is 4.32. The number of nitrogens with zero attached hydrogens (tertiary/aromatic N) is 1. The van der Waals surface area contributed by atoms with Crippen molar-refractivity contribution in [3.63, 3.8) is 0 Å². The average Bonchev–Trinajstić information content (AvgIpc) is 2.76. The fourth-order valence-electron chi connectivity index (χ4n) is 1.77. The van der Waals surface area contributed by atoms with Gasteiger partial charge in [-0.15, -0.1) is 0 Å². The van der Waals surface area contributed by atoms with E-state index in [1.165, 1.54) is 0 Å². The fourth-order valence-corrected chi connectivity index (χ4v) is 3.63. The number of hydrogen-bond acceptors (Lipinski definition) is 5. The summed E-state index contributed by atoms with van der Waals surface area (Å²) in [6.07, 6.45) is 4.01. The molecule has 1 aromatic rings. The first-order valence-electron chi connectivity index (χ1n) is 4.95. The van der Waals surface area contributed by atoms with Gasteiger partial charge in [0.15, 0.2) is 9.84 Å². The lowest BCUT2D eigenvalue weighted by atomic mass is 10.1. The van der Waals surface area contributed by atoms with Gasteiger partial charge in [0.05, 0.1) is 17.7 Å². The molecule has 0 amide bonds. The molecule has 0 saturated carbocycles. The van der Waals surface area contributed by atoms with Gasteiger partial charge in [0.2, 0.25) is 0 Å². The third-order valence-electron chi connectivity index (χ3n) is 2.57. The SMILES string of the molecule is O=S1(=O)CCC(CNCc2cnoc2)C1. The molecule has 5 nitrogen and oxygen atoms in total. The van der Waals surface area contributed by atoms with Crippen molar-refractivity contribution in [2.75, 3.05) is 18.1 Å². The Morgan fingerprint density at radius 1 is 1.60 bits per heavy atom. The van der Waals surface area contributed by atoms with Crippen molar-refractivity contribution in [3.05, 3.63) is 18.0 Å². The van der Waals surface area contributed by atoms with Crippen LogP contribution < -0.4 is 5.32 Å². The molecule has 1 N–H and O–H groups in total. The Balaban J connectivity index is 1.71. The van der Waals surface area contributed by atoms with Gasteiger partial charge >= 0.3 is 0 Å². The first-order valence-corrected chi connectivity index (χ1v) is 6.77. The minimum absolute atomic E-state index is 0.259. The van der Waals surface area contributed by atoms with Gasteiger partial charge in [-0.05, 0) is 18.9 Å². The minimum Gasteiger partial charge on any atom is -0.364 e. The quantitative estimate of drug-likeness (QED) is 0.800. The molecule has 0 aliphatic carbocycles. The Kier molecular flexibility index (Phi) is 3.06. The lowest BCUT2D eigenvalue weighted by Crippen LogP contribution is -2.23. The van der Waals surface area contributed by atoms with Crippen LogP contribution in [0.15, 0.2) is 17.0 Å². The number of hydrogen-bond donors (Lipinski definition) is 1. The summed E-state index contributed by atoms with van der Waals surface area (Å²) in [4.78, 5) is 0. The molecule has 2 rings (SSSR count). The van der Waals surface area contributed by atoms with Gasteiger partial charge in [0.1, 0.15) is 6.26 Å². The Morgan fingerprint density at radius 2 is 2.47 bits per heavy atom. The van der Waals surface area contributed by atoms with E-state index in [2.05, 4.69) is 15.0 Å². The van der Waals surface area contributed by atoms with Gasteiger partial charge in [-0.3, -0.25) is 0 Å². The summed E-state index contributed by atoms with van der Waals surface area (Å²) < 4.78 is 27.0. The molecule has 1 saturated heterocycles. The normalized spacial score (nSPS) is 24.4. The average molecular weight is 230 g/mol. The van der Waals surface area contributed by atoms with Crippen LogP contribution in [0.5, 0.6) is 0 Å². The van der Waals surface area contributed by atoms with E-state index >= 15 is 0 Å². The predicted molar refractivity (Wildman–Crippen MR) is 55.0 cm³/mol. The van der Waals surface area contributed by atoms with Crippen LogP contribution in [0.25, 0.3) is 0 Å². The Hall–Kier alpha value is -0.880. The topological polar surface area (TPSA) is 72.2 Å². The summed E-state index contributed by atoms with van der Waals surface area (Å²) in [5, 5.41) is 6.79. The van der Waals surface area contributed by atoms with Crippen LogP contribution in [0.2, 0.25) is 0 Å². The third-order valence-corrected chi connectivity index (χ3v) is 4.41. The van der Waals surface area contributed by atoms with Gasteiger partial charge in [-0.1, -0.05) is 5.16 Å². The van der Waals surface area contributed by atoms with Crippen molar-refractivity contribution in [1.29, 1.82) is 0 Å². The van der Waals surface area contributed by atoms with Gasteiger partial charge < -0.3 is 9.84 Å².